The predicted molar refractivity (Wildman–Crippen MR) is 98.7 cm³/mol. The van der Waals surface area contributed by atoms with Crippen molar-refractivity contribution >= 4 is 29.7 Å². The molecule has 12 nitrogen and oxygen atoms in total. The van der Waals surface area contributed by atoms with Gasteiger partial charge in [-0.15, -0.1) is 0 Å². The fourth-order valence-electron chi connectivity index (χ4n) is 2.74. The van der Waals surface area contributed by atoms with Crippen LogP contribution in [0, 0.1) is 0 Å². The number of hydrogen-bond donors (Lipinski definition) is 7. The first-order valence-corrected chi connectivity index (χ1v) is 9.30. The Kier molecular flexibility index (Phi) is 9.48. The second-order valence-corrected chi connectivity index (χ2v) is 6.94. The van der Waals surface area contributed by atoms with E-state index in [-0.39, 0.29) is 6.42 Å². The molecule has 12 heteroatoms. The number of aliphatic hydroxyl groups is 1. The van der Waals surface area contributed by atoms with Gasteiger partial charge in [0.2, 0.25) is 17.7 Å². The number of nitrogens with one attached hydrogen (secondary N) is 4. The van der Waals surface area contributed by atoms with E-state index in [1.54, 1.807) is 0 Å². The monoisotopic (exact) mass is 416 g/mol. The first kappa shape index (κ1) is 24.3. The lowest BCUT2D eigenvalue weighted by Gasteiger charge is -2.25. The Balaban J connectivity index is 2.84. The summed E-state index contributed by atoms with van der Waals surface area (Å²) in [6.07, 6.45) is -0.634. The maximum Gasteiger partial charge on any atom is 0.325 e. The van der Waals surface area contributed by atoms with Crippen LogP contribution in [0.1, 0.15) is 39.5 Å². The summed E-state index contributed by atoms with van der Waals surface area (Å²) in [5.74, 6) is -4.72. The molecule has 0 spiro atoms. The number of hydrogen-bond acceptors (Lipinski definition) is 7. The molecule has 0 bridgehead atoms. The van der Waals surface area contributed by atoms with Gasteiger partial charge in [-0.1, -0.05) is 0 Å². The topological polar surface area (TPSA) is 194 Å². The lowest BCUT2D eigenvalue weighted by Crippen LogP contribution is -2.59. The summed E-state index contributed by atoms with van der Waals surface area (Å²) < 4.78 is 0. The zero-order chi connectivity index (χ0) is 22.1. The molecule has 0 aromatic heterocycles. The molecule has 0 aromatic rings. The standard InChI is InChI=1S/C17H28N4O8/c1-8(17(28)29)19-16(27)13(9(2)22)21-15(26)11(5-6-12(23)24)20-14(25)10-4-3-7-18-10/h8-11,13,18,22H,3-7H2,1-2H3,(H,19,27)(H,20,25)(H,21,26)(H,23,24)(H,28,29). The van der Waals surface area contributed by atoms with E-state index in [0.29, 0.717) is 13.0 Å². The molecule has 3 amide bonds. The van der Waals surface area contributed by atoms with Gasteiger partial charge in [0.25, 0.3) is 0 Å². The van der Waals surface area contributed by atoms with Crippen molar-refractivity contribution in [1.82, 2.24) is 21.3 Å². The van der Waals surface area contributed by atoms with Gasteiger partial charge in [-0.3, -0.25) is 24.0 Å². The van der Waals surface area contributed by atoms with E-state index in [4.69, 9.17) is 10.2 Å². The summed E-state index contributed by atoms with van der Waals surface area (Å²) in [5, 5.41) is 37.4. The lowest BCUT2D eigenvalue weighted by atomic mass is 10.1. The van der Waals surface area contributed by atoms with E-state index < -0.39 is 66.4 Å². The van der Waals surface area contributed by atoms with Crippen LogP contribution < -0.4 is 21.3 Å². The molecule has 5 unspecified atom stereocenters. The molecule has 1 saturated heterocycles. The molecule has 29 heavy (non-hydrogen) atoms. The van der Waals surface area contributed by atoms with Crippen molar-refractivity contribution in [3.8, 4) is 0 Å². The number of carbonyl (C=O) groups excluding carboxylic acids is 3. The van der Waals surface area contributed by atoms with Crippen LogP contribution in [-0.4, -0.2) is 81.8 Å². The third-order valence-corrected chi connectivity index (χ3v) is 4.45. The molecule has 0 aliphatic carbocycles. The fourth-order valence-corrected chi connectivity index (χ4v) is 2.74. The molecule has 7 N–H and O–H groups in total. The average Bonchev–Trinajstić information content (AvgIpc) is 3.16. The van der Waals surface area contributed by atoms with Gasteiger partial charge in [0.15, 0.2) is 0 Å². The molecular weight excluding hydrogens is 388 g/mol. The minimum Gasteiger partial charge on any atom is -0.481 e. The van der Waals surface area contributed by atoms with E-state index in [1.165, 1.54) is 13.8 Å². The zero-order valence-corrected chi connectivity index (χ0v) is 16.3. The number of aliphatic carboxylic acids is 2. The molecule has 0 aromatic carbocycles. The van der Waals surface area contributed by atoms with Crippen LogP contribution in [0.2, 0.25) is 0 Å². The summed E-state index contributed by atoms with van der Waals surface area (Å²) in [6, 6.07) is -4.48. The van der Waals surface area contributed by atoms with Crippen LogP contribution in [0.25, 0.3) is 0 Å². The molecule has 0 saturated carbocycles. The normalized spacial score (nSPS) is 20.0. The predicted octanol–water partition coefficient (Wildman–Crippen LogP) is -2.46. The highest BCUT2D eigenvalue weighted by atomic mass is 16.4. The second-order valence-electron chi connectivity index (χ2n) is 6.94. The molecule has 164 valence electrons. The van der Waals surface area contributed by atoms with Crippen LogP contribution in [-0.2, 0) is 24.0 Å². The summed E-state index contributed by atoms with van der Waals surface area (Å²) in [6.45, 7) is 3.09. The van der Waals surface area contributed by atoms with Gasteiger partial charge in [-0.25, -0.2) is 0 Å². The maximum atomic E-state index is 12.6. The Morgan fingerprint density at radius 3 is 2.17 bits per heavy atom. The van der Waals surface area contributed by atoms with Crippen molar-refractivity contribution < 1.29 is 39.3 Å². The highest BCUT2D eigenvalue weighted by molar-refractivity contribution is 5.94. The van der Waals surface area contributed by atoms with Crippen LogP contribution in [0.4, 0.5) is 0 Å². The van der Waals surface area contributed by atoms with Crippen LogP contribution in [0.5, 0.6) is 0 Å². The molecule has 1 heterocycles. The van der Waals surface area contributed by atoms with Gasteiger partial charge >= 0.3 is 11.9 Å². The number of carboxylic acid groups (broad SMARTS) is 2. The molecule has 1 rings (SSSR count). The van der Waals surface area contributed by atoms with Gasteiger partial charge in [0.1, 0.15) is 18.1 Å². The average molecular weight is 416 g/mol. The number of carbonyl (C=O) groups is 5. The van der Waals surface area contributed by atoms with Crippen LogP contribution >= 0.6 is 0 Å². The van der Waals surface area contributed by atoms with Crippen molar-refractivity contribution in [2.24, 2.45) is 0 Å². The van der Waals surface area contributed by atoms with Crippen molar-refractivity contribution in [3.05, 3.63) is 0 Å². The Bertz CT molecular complexity index is 633. The van der Waals surface area contributed by atoms with Crippen LogP contribution in [0.3, 0.4) is 0 Å². The van der Waals surface area contributed by atoms with Gasteiger partial charge in [-0.05, 0) is 39.7 Å². The second kappa shape index (κ2) is 11.3. The number of rotatable bonds is 11. The van der Waals surface area contributed by atoms with Gasteiger partial charge in [-0.2, -0.15) is 0 Å². The molecule has 0 radical (unpaired) electrons. The summed E-state index contributed by atoms with van der Waals surface area (Å²) >= 11 is 0. The largest absolute Gasteiger partial charge is 0.481 e. The number of amides is 3. The highest BCUT2D eigenvalue weighted by Gasteiger charge is 2.32. The number of aliphatic hydroxyl groups excluding tert-OH is 1. The highest BCUT2D eigenvalue weighted by Crippen LogP contribution is 2.07. The SMILES string of the molecule is CC(NC(=O)C(NC(=O)C(CCC(=O)O)NC(=O)C1CCCN1)C(C)O)C(=O)O. The van der Waals surface area contributed by atoms with Gasteiger partial charge in [0, 0.05) is 6.42 Å². The van der Waals surface area contributed by atoms with Gasteiger partial charge in [0.05, 0.1) is 12.1 Å². The Hall–Kier alpha value is -2.73. The lowest BCUT2D eigenvalue weighted by molar-refractivity contribution is -0.142. The fraction of sp³-hybridized carbons (Fsp3) is 0.706. The summed E-state index contributed by atoms with van der Waals surface area (Å²) in [7, 11) is 0. The van der Waals surface area contributed by atoms with E-state index in [2.05, 4.69) is 21.3 Å². The number of carboxylic acids is 2. The Morgan fingerprint density at radius 2 is 1.69 bits per heavy atom. The molecule has 1 fully saturated rings. The van der Waals surface area contributed by atoms with E-state index >= 15 is 0 Å². The smallest absolute Gasteiger partial charge is 0.325 e. The molecular formula is C17H28N4O8. The van der Waals surface area contributed by atoms with Crippen molar-refractivity contribution in [2.75, 3.05) is 6.54 Å². The zero-order valence-electron chi connectivity index (χ0n) is 16.3. The molecule has 1 aliphatic rings. The Labute approximate surface area is 167 Å². The minimum atomic E-state index is -1.49. The van der Waals surface area contributed by atoms with Gasteiger partial charge < -0.3 is 36.6 Å². The third kappa shape index (κ3) is 8.03. The van der Waals surface area contributed by atoms with E-state index in [0.717, 1.165) is 6.42 Å². The molecule has 5 atom stereocenters. The first-order valence-electron chi connectivity index (χ1n) is 9.30. The Morgan fingerprint density at radius 1 is 1.03 bits per heavy atom. The van der Waals surface area contributed by atoms with Crippen molar-refractivity contribution in [3.63, 3.8) is 0 Å². The summed E-state index contributed by atoms with van der Waals surface area (Å²) in [4.78, 5) is 58.9. The van der Waals surface area contributed by atoms with Crippen molar-refractivity contribution in [1.29, 1.82) is 0 Å². The maximum absolute atomic E-state index is 12.6. The molecule has 1 aliphatic heterocycles. The minimum absolute atomic E-state index is 0.223. The first-order chi connectivity index (χ1) is 13.5. The van der Waals surface area contributed by atoms with Crippen molar-refractivity contribution in [2.45, 2.75) is 69.8 Å². The quantitative estimate of drug-likeness (QED) is 0.191. The third-order valence-electron chi connectivity index (χ3n) is 4.45. The van der Waals surface area contributed by atoms with Crippen LogP contribution in [0.15, 0.2) is 0 Å². The summed E-state index contributed by atoms with van der Waals surface area (Å²) in [5.41, 5.74) is 0. The van der Waals surface area contributed by atoms with E-state index in [9.17, 15) is 29.1 Å². The van der Waals surface area contributed by atoms with E-state index in [1.807, 2.05) is 0 Å².